The summed E-state index contributed by atoms with van der Waals surface area (Å²) < 4.78 is 11.0. The second-order valence-electron chi connectivity index (χ2n) is 7.42. The van der Waals surface area contributed by atoms with E-state index in [0.717, 1.165) is 17.5 Å². The predicted molar refractivity (Wildman–Crippen MR) is 118 cm³/mol. The first-order chi connectivity index (χ1) is 14.3. The molecule has 1 N–H and O–H groups in total. The second-order valence-corrected chi connectivity index (χ2v) is 7.42. The van der Waals surface area contributed by atoms with Crippen LogP contribution in [0.1, 0.15) is 38.3 Å². The molecular formula is C24H32N2O4. The fourth-order valence-corrected chi connectivity index (χ4v) is 2.96. The van der Waals surface area contributed by atoms with Gasteiger partial charge in [0.05, 0.1) is 7.11 Å². The third-order valence-corrected chi connectivity index (χ3v) is 5.10. The normalized spacial score (nSPS) is 12.6. The number of amides is 2. The highest BCUT2D eigenvalue weighted by Crippen LogP contribution is 2.18. The van der Waals surface area contributed by atoms with Gasteiger partial charge in [0, 0.05) is 12.6 Å². The van der Waals surface area contributed by atoms with Crippen molar-refractivity contribution in [3.8, 4) is 11.5 Å². The summed E-state index contributed by atoms with van der Waals surface area (Å²) in [5.41, 5.74) is 1.83. The fourth-order valence-electron chi connectivity index (χ4n) is 2.96. The van der Waals surface area contributed by atoms with E-state index in [0.29, 0.717) is 11.5 Å². The molecule has 0 unspecified atom stereocenters. The minimum atomic E-state index is -0.641. The molecule has 2 atom stereocenters. The van der Waals surface area contributed by atoms with Crippen LogP contribution in [0, 0.1) is 6.92 Å². The number of aryl methyl sites for hydroxylation is 1. The summed E-state index contributed by atoms with van der Waals surface area (Å²) in [5.74, 6) is 0.918. The lowest BCUT2D eigenvalue weighted by molar-refractivity contribution is -0.142. The first-order valence-corrected chi connectivity index (χ1v) is 10.3. The molecule has 0 spiro atoms. The van der Waals surface area contributed by atoms with Crippen LogP contribution in [0.2, 0.25) is 0 Å². The quantitative estimate of drug-likeness (QED) is 0.646. The molecule has 30 heavy (non-hydrogen) atoms. The van der Waals surface area contributed by atoms with Gasteiger partial charge in [0.1, 0.15) is 17.5 Å². The molecule has 0 heterocycles. The van der Waals surface area contributed by atoms with E-state index in [9.17, 15) is 9.59 Å². The molecule has 0 saturated carbocycles. The summed E-state index contributed by atoms with van der Waals surface area (Å²) in [6, 6.07) is 14.4. The molecule has 2 aromatic rings. The Kier molecular flexibility index (Phi) is 8.71. The van der Waals surface area contributed by atoms with Crippen LogP contribution < -0.4 is 14.8 Å². The molecule has 6 nitrogen and oxygen atoms in total. The molecule has 2 aromatic carbocycles. The number of nitrogens with zero attached hydrogens (tertiary/aromatic N) is 1. The predicted octanol–water partition coefficient (Wildman–Crippen LogP) is 3.71. The average molecular weight is 413 g/mol. The van der Waals surface area contributed by atoms with Crippen molar-refractivity contribution >= 4 is 11.8 Å². The standard InChI is InChI=1S/C24H32N2O4/c1-6-18(3)25-24(28)19(4)26(15-20-11-9-12-21(14-20)29-5)23(27)16-30-22-13-8-7-10-17(22)2/h7-14,18-19H,6,15-16H2,1-5H3,(H,25,28)/t18-,19+/m0/s1. The van der Waals surface area contributed by atoms with Crippen molar-refractivity contribution < 1.29 is 19.1 Å². The molecule has 0 aliphatic rings. The largest absolute Gasteiger partial charge is 0.497 e. The summed E-state index contributed by atoms with van der Waals surface area (Å²) >= 11 is 0. The minimum Gasteiger partial charge on any atom is -0.497 e. The highest BCUT2D eigenvalue weighted by Gasteiger charge is 2.27. The molecule has 0 bridgehead atoms. The Morgan fingerprint density at radius 3 is 2.50 bits per heavy atom. The van der Waals surface area contributed by atoms with Crippen LogP contribution in [0.25, 0.3) is 0 Å². The number of para-hydroxylation sites is 1. The molecule has 6 heteroatoms. The molecule has 0 aromatic heterocycles. The van der Waals surface area contributed by atoms with Gasteiger partial charge in [-0.1, -0.05) is 37.3 Å². The Labute approximate surface area is 179 Å². The van der Waals surface area contributed by atoms with Gasteiger partial charge in [-0.15, -0.1) is 0 Å². The summed E-state index contributed by atoms with van der Waals surface area (Å²) in [6.07, 6.45) is 0.818. The zero-order valence-electron chi connectivity index (χ0n) is 18.5. The van der Waals surface area contributed by atoms with Crippen molar-refractivity contribution in [2.75, 3.05) is 13.7 Å². The molecule has 0 aliphatic heterocycles. The fraction of sp³-hybridized carbons (Fsp3) is 0.417. The smallest absolute Gasteiger partial charge is 0.261 e. The highest BCUT2D eigenvalue weighted by molar-refractivity contribution is 5.88. The van der Waals surface area contributed by atoms with Crippen LogP contribution in [0.5, 0.6) is 11.5 Å². The molecule has 0 radical (unpaired) electrons. The van der Waals surface area contributed by atoms with Crippen LogP contribution in [0.3, 0.4) is 0 Å². The lowest BCUT2D eigenvalue weighted by Crippen LogP contribution is -2.50. The summed E-state index contributed by atoms with van der Waals surface area (Å²) in [4.78, 5) is 27.4. The number of hydrogen-bond acceptors (Lipinski definition) is 4. The molecule has 0 fully saturated rings. The third-order valence-electron chi connectivity index (χ3n) is 5.10. The van der Waals surface area contributed by atoms with E-state index in [1.165, 1.54) is 0 Å². The maximum Gasteiger partial charge on any atom is 0.261 e. The van der Waals surface area contributed by atoms with Crippen molar-refractivity contribution in [3.05, 3.63) is 59.7 Å². The molecule has 2 amide bonds. The van der Waals surface area contributed by atoms with Gasteiger partial charge in [-0.25, -0.2) is 0 Å². The Bertz CT molecular complexity index is 853. The number of rotatable bonds is 10. The van der Waals surface area contributed by atoms with Gasteiger partial charge in [-0.05, 0) is 56.5 Å². The summed E-state index contributed by atoms with van der Waals surface area (Å²) in [5, 5.41) is 2.96. The number of methoxy groups -OCH3 is 1. The lowest BCUT2D eigenvalue weighted by atomic mass is 10.1. The van der Waals surface area contributed by atoms with Gasteiger partial charge in [-0.2, -0.15) is 0 Å². The van der Waals surface area contributed by atoms with E-state index < -0.39 is 6.04 Å². The number of carbonyl (C=O) groups excluding carboxylic acids is 2. The first kappa shape index (κ1) is 23.3. The second kappa shape index (κ2) is 11.2. The first-order valence-electron chi connectivity index (χ1n) is 10.3. The molecule has 0 saturated heterocycles. The Balaban J connectivity index is 2.19. The topological polar surface area (TPSA) is 67.9 Å². The van der Waals surface area contributed by atoms with Gasteiger partial charge in [-0.3, -0.25) is 9.59 Å². The molecular weight excluding hydrogens is 380 g/mol. The Morgan fingerprint density at radius 2 is 1.83 bits per heavy atom. The van der Waals surface area contributed by atoms with Crippen molar-refractivity contribution in [2.45, 2.75) is 52.7 Å². The van der Waals surface area contributed by atoms with Crippen molar-refractivity contribution in [3.63, 3.8) is 0 Å². The van der Waals surface area contributed by atoms with E-state index in [1.807, 2.05) is 69.3 Å². The van der Waals surface area contributed by atoms with E-state index in [1.54, 1.807) is 18.9 Å². The Morgan fingerprint density at radius 1 is 1.10 bits per heavy atom. The molecule has 2 rings (SSSR count). The van der Waals surface area contributed by atoms with E-state index in [4.69, 9.17) is 9.47 Å². The van der Waals surface area contributed by atoms with Crippen molar-refractivity contribution in [1.29, 1.82) is 0 Å². The molecule has 0 aliphatic carbocycles. The zero-order valence-corrected chi connectivity index (χ0v) is 18.5. The number of ether oxygens (including phenoxy) is 2. The van der Waals surface area contributed by atoms with E-state index in [-0.39, 0.29) is 31.0 Å². The maximum atomic E-state index is 13.1. The van der Waals surface area contributed by atoms with E-state index >= 15 is 0 Å². The maximum absolute atomic E-state index is 13.1. The lowest BCUT2D eigenvalue weighted by Gasteiger charge is -2.29. The average Bonchev–Trinajstić information content (AvgIpc) is 2.76. The van der Waals surface area contributed by atoms with Gasteiger partial charge in [0.25, 0.3) is 5.91 Å². The number of benzene rings is 2. The van der Waals surface area contributed by atoms with Crippen LogP contribution in [-0.4, -0.2) is 42.5 Å². The number of hydrogen-bond donors (Lipinski definition) is 1. The van der Waals surface area contributed by atoms with Crippen LogP contribution in [-0.2, 0) is 16.1 Å². The third kappa shape index (κ3) is 6.51. The Hall–Kier alpha value is -3.02. The monoisotopic (exact) mass is 412 g/mol. The van der Waals surface area contributed by atoms with Crippen molar-refractivity contribution in [1.82, 2.24) is 10.2 Å². The van der Waals surface area contributed by atoms with Crippen LogP contribution in [0.15, 0.2) is 48.5 Å². The van der Waals surface area contributed by atoms with Gasteiger partial charge < -0.3 is 19.7 Å². The SMILES string of the molecule is CC[C@H](C)NC(=O)[C@@H](C)N(Cc1cccc(OC)c1)C(=O)COc1ccccc1C. The summed E-state index contributed by atoms with van der Waals surface area (Å²) in [7, 11) is 1.60. The van der Waals surface area contributed by atoms with Crippen LogP contribution >= 0.6 is 0 Å². The number of carbonyl (C=O) groups is 2. The summed E-state index contributed by atoms with van der Waals surface area (Å²) in [6.45, 7) is 7.75. The highest BCUT2D eigenvalue weighted by atomic mass is 16.5. The van der Waals surface area contributed by atoms with Gasteiger partial charge in [0.15, 0.2) is 6.61 Å². The van der Waals surface area contributed by atoms with Crippen LogP contribution in [0.4, 0.5) is 0 Å². The van der Waals surface area contributed by atoms with Gasteiger partial charge >= 0.3 is 0 Å². The number of nitrogens with one attached hydrogen (secondary N) is 1. The van der Waals surface area contributed by atoms with E-state index in [2.05, 4.69) is 5.32 Å². The van der Waals surface area contributed by atoms with Crippen molar-refractivity contribution in [2.24, 2.45) is 0 Å². The molecule has 162 valence electrons. The zero-order chi connectivity index (χ0) is 22.1. The minimum absolute atomic E-state index is 0.0388. The van der Waals surface area contributed by atoms with Gasteiger partial charge in [0.2, 0.25) is 5.91 Å².